The Bertz CT molecular complexity index is 1380. The van der Waals surface area contributed by atoms with Crippen molar-refractivity contribution in [3.8, 4) is 5.75 Å². The van der Waals surface area contributed by atoms with Crippen molar-refractivity contribution >= 4 is 39.2 Å². The molecule has 2 aliphatic carbocycles. The van der Waals surface area contributed by atoms with E-state index in [2.05, 4.69) is 15.9 Å². The third-order valence-electron chi connectivity index (χ3n) is 7.46. The van der Waals surface area contributed by atoms with Gasteiger partial charge in [0.2, 0.25) is 0 Å². The van der Waals surface area contributed by atoms with Crippen LogP contribution in [0.15, 0.2) is 69.5 Å². The van der Waals surface area contributed by atoms with Crippen LogP contribution >= 0.6 is 15.9 Å². The predicted octanol–water partition coefficient (Wildman–Crippen LogP) is 5.82. The van der Waals surface area contributed by atoms with Crippen LogP contribution < -0.4 is 4.74 Å². The molecule has 3 aliphatic rings. The van der Waals surface area contributed by atoms with Crippen molar-refractivity contribution in [2.45, 2.75) is 57.5 Å². The molecular formula is C29H27BrN2O7. The van der Waals surface area contributed by atoms with Crippen LogP contribution in [-0.4, -0.2) is 39.0 Å². The van der Waals surface area contributed by atoms with Gasteiger partial charge < -0.3 is 14.7 Å². The van der Waals surface area contributed by atoms with Crippen molar-refractivity contribution in [2.75, 3.05) is 6.54 Å². The summed E-state index contributed by atoms with van der Waals surface area (Å²) in [6.45, 7) is 0.353. The first kappa shape index (κ1) is 26.8. The van der Waals surface area contributed by atoms with Crippen LogP contribution in [-0.2, 0) is 21.0 Å². The summed E-state index contributed by atoms with van der Waals surface area (Å²) >= 11 is 3.54. The fourth-order valence-corrected chi connectivity index (χ4v) is 6.13. The molecule has 2 aromatic rings. The number of hydrogen-bond donors (Lipinski definition) is 1. The van der Waals surface area contributed by atoms with Crippen LogP contribution in [0, 0.1) is 10.1 Å². The van der Waals surface area contributed by atoms with Crippen molar-refractivity contribution in [1.29, 1.82) is 0 Å². The first-order valence-corrected chi connectivity index (χ1v) is 13.7. The number of allylic oxidation sites excluding steroid dienone is 4. The molecule has 1 heterocycles. The molecule has 0 aromatic heterocycles. The number of ether oxygens (including phenoxy) is 1. The summed E-state index contributed by atoms with van der Waals surface area (Å²) in [5.74, 6) is -1.10. The van der Waals surface area contributed by atoms with Gasteiger partial charge in [0.05, 0.1) is 11.3 Å². The number of carbonyl (C=O) groups excluding carboxylic acids is 2. The Morgan fingerprint density at radius 3 is 2.18 bits per heavy atom. The van der Waals surface area contributed by atoms with E-state index in [1.54, 1.807) is 18.2 Å². The normalized spacial score (nSPS) is 17.7. The lowest BCUT2D eigenvalue weighted by Gasteiger charge is -2.44. The van der Waals surface area contributed by atoms with Crippen molar-refractivity contribution < 1.29 is 29.2 Å². The monoisotopic (exact) mass is 594 g/mol. The summed E-state index contributed by atoms with van der Waals surface area (Å²) in [4.78, 5) is 50.9. The topological polar surface area (TPSA) is 127 Å². The average molecular weight is 595 g/mol. The highest BCUT2D eigenvalue weighted by molar-refractivity contribution is 9.10. The molecule has 0 saturated heterocycles. The minimum Gasteiger partial charge on any atom is -0.489 e. The lowest BCUT2D eigenvalue weighted by atomic mass is 9.70. The van der Waals surface area contributed by atoms with Crippen LogP contribution in [0.4, 0.5) is 5.69 Å². The maximum atomic E-state index is 13.5. The Balaban J connectivity index is 1.59. The van der Waals surface area contributed by atoms with E-state index in [1.165, 1.54) is 12.1 Å². The predicted molar refractivity (Wildman–Crippen MR) is 145 cm³/mol. The molecule has 0 radical (unpaired) electrons. The zero-order valence-corrected chi connectivity index (χ0v) is 22.7. The quantitative estimate of drug-likeness (QED) is 0.299. The molecular weight excluding hydrogens is 568 g/mol. The van der Waals surface area contributed by atoms with Gasteiger partial charge in [0.1, 0.15) is 12.4 Å². The number of aliphatic carboxylic acids is 1. The van der Waals surface area contributed by atoms with Gasteiger partial charge in [-0.3, -0.25) is 24.5 Å². The summed E-state index contributed by atoms with van der Waals surface area (Å²) < 4.78 is 6.99. The molecule has 202 valence electrons. The van der Waals surface area contributed by atoms with Gasteiger partial charge in [0, 0.05) is 70.0 Å². The highest BCUT2D eigenvalue weighted by Gasteiger charge is 2.44. The third-order valence-corrected chi connectivity index (χ3v) is 7.95. The zero-order chi connectivity index (χ0) is 27.7. The molecule has 0 bridgehead atoms. The average Bonchev–Trinajstić information content (AvgIpc) is 2.91. The third kappa shape index (κ3) is 5.38. The number of benzene rings is 2. The first-order chi connectivity index (χ1) is 18.7. The van der Waals surface area contributed by atoms with Gasteiger partial charge >= 0.3 is 5.97 Å². The van der Waals surface area contributed by atoms with Gasteiger partial charge in [-0.05, 0) is 61.6 Å². The van der Waals surface area contributed by atoms with Crippen LogP contribution in [0.2, 0.25) is 0 Å². The summed E-state index contributed by atoms with van der Waals surface area (Å²) in [6, 6.07) is 11.6. The molecule has 1 N–H and O–H groups in total. The molecule has 5 rings (SSSR count). The zero-order valence-electron chi connectivity index (χ0n) is 21.2. The van der Waals surface area contributed by atoms with E-state index in [1.807, 2.05) is 17.0 Å². The van der Waals surface area contributed by atoms with Crippen LogP contribution in [0.5, 0.6) is 5.75 Å². The minimum atomic E-state index is -0.931. The van der Waals surface area contributed by atoms with E-state index in [-0.39, 0.29) is 36.8 Å². The van der Waals surface area contributed by atoms with E-state index >= 15 is 0 Å². The highest BCUT2D eigenvalue weighted by atomic mass is 79.9. The Morgan fingerprint density at radius 1 is 1.00 bits per heavy atom. The number of nitro benzene ring substituents is 1. The molecule has 2 aromatic carbocycles. The number of ketones is 2. The number of carboxylic acids is 1. The molecule has 1 aliphatic heterocycles. The Hall–Kier alpha value is -3.79. The number of hydrogen-bond acceptors (Lipinski definition) is 7. The number of nitro groups is 1. The van der Waals surface area contributed by atoms with Crippen molar-refractivity contribution in [2.24, 2.45) is 0 Å². The SMILES string of the molecule is O=C(O)CCN1C2=C(C(=O)CCC2)C(c2cc(Br)ccc2OCc2ccc([N+](=O)[O-])cc2)C2=C1CCCC2=O. The standard InChI is InChI=1S/C29H27BrN2O7/c30-18-9-12-25(39-16-17-7-10-19(11-8-17)32(37)38)20(15-18)27-28-21(3-1-5-23(28)33)31(14-13-26(35)36)22-4-2-6-24(34)29(22)27/h7-12,15,27H,1-6,13-14,16H2,(H,35,36). The maximum Gasteiger partial charge on any atom is 0.305 e. The highest BCUT2D eigenvalue weighted by Crippen LogP contribution is 2.51. The number of Topliss-reactive ketones (excluding diaryl/α,β-unsaturated/α-hetero) is 2. The number of halogens is 1. The van der Waals surface area contributed by atoms with E-state index in [4.69, 9.17) is 4.74 Å². The summed E-state index contributed by atoms with van der Waals surface area (Å²) in [5, 5.41) is 20.4. The number of nitrogens with zero attached hydrogens (tertiary/aromatic N) is 2. The maximum absolute atomic E-state index is 13.5. The number of rotatable bonds is 8. The molecule has 39 heavy (non-hydrogen) atoms. The fraction of sp³-hybridized carbons (Fsp3) is 0.345. The van der Waals surface area contributed by atoms with E-state index in [0.29, 0.717) is 61.0 Å². The Labute approximate surface area is 233 Å². The minimum absolute atomic E-state index is 0.0108. The van der Waals surface area contributed by atoms with Gasteiger partial charge in [-0.1, -0.05) is 15.9 Å². The van der Waals surface area contributed by atoms with Gasteiger partial charge in [0.25, 0.3) is 5.69 Å². The van der Waals surface area contributed by atoms with E-state index in [9.17, 15) is 29.6 Å². The molecule has 0 spiro atoms. The second-order valence-corrected chi connectivity index (χ2v) is 10.8. The lowest BCUT2D eigenvalue weighted by Crippen LogP contribution is -2.40. The summed E-state index contributed by atoms with van der Waals surface area (Å²) in [6.07, 6.45) is 3.25. The second kappa shape index (κ2) is 11.1. The Kier molecular flexibility index (Phi) is 7.65. The first-order valence-electron chi connectivity index (χ1n) is 12.9. The van der Waals surface area contributed by atoms with Gasteiger partial charge in [-0.25, -0.2) is 0 Å². The fourth-order valence-electron chi connectivity index (χ4n) is 5.76. The van der Waals surface area contributed by atoms with Crippen LogP contribution in [0.25, 0.3) is 0 Å². The van der Waals surface area contributed by atoms with Gasteiger partial charge in [0.15, 0.2) is 11.6 Å². The lowest BCUT2D eigenvalue weighted by molar-refractivity contribution is -0.384. The van der Waals surface area contributed by atoms with Crippen molar-refractivity contribution in [1.82, 2.24) is 4.90 Å². The number of carboxylic acid groups (broad SMARTS) is 1. The molecule has 0 fully saturated rings. The van der Waals surface area contributed by atoms with E-state index in [0.717, 1.165) is 21.4 Å². The number of non-ortho nitro benzene ring substituents is 1. The van der Waals surface area contributed by atoms with Gasteiger partial charge in [-0.2, -0.15) is 0 Å². The summed E-state index contributed by atoms with van der Waals surface area (Å²) in [7, 11) is 0. The molecule has 9 nitrogen and oxygen atoms in total. The summed E-state index contributed by atoms with van der Waals surface area (Å²) in [5.41, 5.74) is 4.15. The smallest absolute Gasteiger partial charge is 0.305 e. The van der Waals surface area contributed by atoms with Crippen LogP contribution in [0.3, 0.4) is 0 Å². The number of carbonyl (C=O) groups is 3. The Morgan fingerprint density at radius 2 is 1.62 bits per heavy atom. The van der Waals surface area contributed by atoms with E-state index < -0.39 is 16.8 Å². The molecule has 10 heteroatoms. The largest absolute Gasteiger partial charge is 0.489 e. The second-order valence-electron chi connectivity index (χ2n) is 9.90. The molecule has 0 unspecified atom stereocenters. The molecule has 0 amide bonds. The molecule has 0 atom stereocenters. The molecule has 0 saturated carbocycles. The van der Waals surface area contributed by atoms with Crippen LogP contribution in [0.1, 0.15) is 62.0 Å². The van der Waals surface area contributed by atoms with Crippen molar-refractivity contribution in [3.05, 3.63) is 90.7 Å². The van der Waals surface area contributed by atoms with Crippen molar-refractivity contribution in [3.63, 3.8) is 0 Å². The van der Waals surface area contributed by atoms with Gasteiger partial charge in [-0.15, -0.1) is 0 Å².